The van der Waals surface area contributed by atoms with Crippen molar-refractivity contribution in [3.8, 4) is 17.6 Å². The van der Waals surface area contributed by atoms with Gasteiger partial charge in [-0.3, -0.25) is 0 Å². The molecule has 0 radical (unpaired) electrons. The van der Waals surface area contributed by atoms with Crippen LogP contribution in [-0.2, 0) is 0 Å². The molecule has 2 aromatic carbocycles. The molecule has 0 aromatic heterocycles. The van der Waals surface area contributed by atoms with Crippen molar-refractivity contribution in [2.75, 3.05) is 0 Å². The quantitative estimate of drug-likeness (QED) is 0.828. The monoisotopic (exact) mass is 338 g/mol. The van der Waals surface area contributed by atoms with E-state index in [4.69, 9.17) is 9.84 Å². The summed E-state index contributed by atoms with van der Waals surface area (Å²) < 4.78 is 20.1. The lowest BCUT2D eigenvalue weighted by Crippen LogP contribution is -2.37. The van der Waals surface area contributed by atoms with Gasteiger partial charge >= 0.3 is 5.97 Å². The van der Waals surface area contributed by atoms with E-state index in [1.54, 1.807) is 0 Å². The van der Waals surface area contributed by atoms with E-state index in [0.717, 1.165) is 30.9 Å². The molecule has 0 aliphatic heterocycles. The zero-order valence-electron chi connectivity index (χ0n) is 13.8. The van der Waals surface area contributed by atoms with E-state index in [1.807, 2.05) is 30.3 Å². The lowest BCUT2D eigenvalue weighted by Gasteiger charge is -2.33. The number of carboxylic acids is 1. The maximum absolute atomic E-state index is 14.2. The number of hydrogen-bond acceptors (Lipinski definition) is 2. The van der Waals surface area contributed by atoms with Gasteiger partial charge in [0, 0.05) is 5.56 Å². The molecule has 3 rings (SSSR count). The predicted molar refractivity (Wildman–Crippen MR) is 93.1 cm³/mol. The Labute approximate surface area is 146 Å². The molecule has 0 spiro atoms. The van der Waals surface area contributed by atoms with Gasteiger partial charge in [0.15, 0.2) is 17.2 Å². The van der Waals surface area contributed by atoms with Gasteiger partial charge in [-0.15, -0.1) is 0 Å². The number of carbonyl (C=O) groups is 1. The van der Waals surface area contributed by atoms with Crippen LogP contribution in [0.25, 0.3) is 0 Å². The van der Waals surface area contributed by atoms with Crippen LogP contribution in [-0.4, -0.2) is 16.7 Å². The van der Waals surface area contributed by atoms with E-state index >= 15 is 0 Å². The largest absolute Gasteiger partial charge is 0.478 e. The molecule has 4 heteroatoms. The van der Waals surface area contributed by atoms with Crippen LogP contribution < -0.4 is 4.74 Å². The number of carboxylic acid groups (broad SMARTS) is 1. The summed E-state index contributed by atoms with van der Waals surface area (Å²) >= 11 is 0. The van der Waals surface area contributed by atoms with Crippen molar-refractivity contribution < 1.29 is 19.0 Å². The smallest absolute Gasteiger partial charge is 0.335 e. The second kappa shape index (κ2) is 7.40. The molecule has 0 saturated heterocycles. The molecule has 1 aliphatic carbocycles. The summed E-state index contributed by atoms with van der Waals surface area (Å²) in [6.45, 7) is 0. The Balaban J connectivity index is 1.93. The molecule has 25 heavy (non-hydrogen) atoms. The van der Waals surface area contributed by atoms with E-state index in [9.17, 15) is 9.18 Å². The number of hydrogen-bond donors (Lipinski definition) is 1. The average Bonchev–Trinajstić information content (AvgIpc) is 2.63. The lowest BCUT2D eigenvalue weighted by molar-refractivity contribution is 0.0688. The molecule has 1 N–H and O–H groups in total. The van der Waals surface area contributed by atoms with Crippen molar-refractivity contribution in [3.05, 3.63) is 65.5 Å². The Morgan fingerprint density at radius 3 is 2.48 bits per heavy atom. The summed E-state index contributed by atoms with van der Waals surface area (Å²) in [6.07, 6.45) is 4.39. The van der Waals surface area contributed by atoms with Gasteiger partial charge in [-0.25, -0.2) is 9.18 Å². The van der Waals surface area contributed by atoms with Crippen LogP contribution in [0.2, 0.25) is 0 Å². The van der Waals surface area contributed by atoms with Crippen LogP contribution in [0.15, 0.2) is 48.5 Å². The van der Waals surface area contributed by atoms with Gasteiger partial charge in [0.1, 0.15) is 0 Å². The molecule has 1 saturated carbocycles. The highest BCUT2D eigenvalue weighted by Crippen LogP contribution is 2.34. The van der Waals surface area contributed by atoms with Gasteiger partial charge in [0.05, 0.1) is 5.56 Å². The second-order valence-corrected chi connectivity index (χ2v) is 6.22. The second-order valence-electron chi connectivity index (χ2n) is 6.22. The fraction of sp³-hybridized carbons (Fsp3) is 0.286. The molecule has 1 fully saturated rings. The van der Waals surface area contributed by atoms with Crippen molar-refractivity contribution in [3.63, 3.8) is 0 Å². The minimum atomic E-state index is -1.11. The highest BCUT2D eigenvalue weighted by Gasteiger charge is 2.33. The molecule has 1 aliphatic rings. The Bertz CT molecular complexity index is 812. The van der Waals surface area contributed by atoms with Crippen LogP contribution in [0.4, 0.5) is 4.39 Å². The first-order chi connectivity index (χ1) is 12.1. The fourth-order valence-electron chi connectivity index (χ4n) is 3.01. The number of ether oxygens (including phenoxy) is 1. The number of halogens is 1. The third kappa shape index (κ3) is 4.19. The molecular formula is C21H19FO3. The van der Waals surface area contributed by atoms with Gasteiger partial charge in [-0.1, -0.05) is 36.5 Å². The molecule has 0 amide bonds. The molecule has 3 nitrogen and oxygen atoms in total. The third-order valence-electron chi connectivity index (χ3n) is 4.35. The first-order valence-electron chi connectivity index (χ1n) is 8.38. The van der Waals surface area contributed by atoms with Crippen molar-refractivity contribution in [1.82, 2.24) is 0 Å². The zero-order valence-corrected chi connectivity index (χ0v) is 13.8. The molecule has 0 heterocycles. The van der Waals surface area contributed by atoms with E-state index < -0.39 is 17.4 Å². The van der Waals surface area contributed by atoms with Crippen LogP contribution in [0.3, 0.4) is 0 Å². The van der Waals surface area contributed by atoms with Crippen molar-refractivity contribution in [2.45, 2.75) is 37.7 Å². The minimum Gasteiger partial charge on any atom is -0.478 e. The molecule has 0 atom stereocenters. The lowest BCUT2D eigenvalue weighted by atomic mass is 9.84. The van der Waals surface area contributed by atoms with Crippen molar-refractivity contribution in [1.29, 1.82) is 0 Å². The zero-order chi connectivity index (χ0) is 17.7. The fourth-order valence-corrected chi connectivity index (χ4v) is 3.01. The van der Waals surface area contributed by atoms with Crippen LogP contribution in [0.5, 0.6) is 5.75 Å². The van der Waals surface area contributed by atoms with Gasteiger partial charge in [0.2, 0.25) is 0 Å². The maximum atomic E-state index is 14.2. The van der Waals surface area contributed by atoms with E-state index in [0.29, 0.717) is 12.8 Å². The third-order valence-corrected chi connectivity index (χ3v) is 4.35. The van der Waals surface area contributed by atoms with Gasteiger partial charge in [0.25, 0.3) is 0 Å². The van der Waals surface area contributed by atoms with Crippen molar-refractivity contribution in [2.24, 2.45) is 0 Å². The topological polar surface area (TPSA) is 46.5 Å². The summed E-state index contributed by atoms with van der Waals surface area (Å²) in [5.41, 5.74) is 0.0840. The number of rotatable bonds is 3. The maximum Gasteiger partial charge on any atom is 0.335 e. The predicted octanol–water partition coefficient (Wildman–Crippen LogP) is 4.66. The van der Waals surface area contributed by atoms with Crippen LogP contribution in [0, 0.1) is 17.7 Å². The number of benzene rings is 2. The normalized spacial score (nSPS) is 15.7. The molecule has 0 unspecified atom stereocenters. The first-order valence-corrected chi connectivity index (χ1v) is 8.38. The summed E-state index contributed by atoms with van der Waals surface area (Å²) in [7, 11) is 0. The first kappa shape index (κ1) is 17.0. The Morgan fingerprint density at radius 2 is 1.80 bits per heavy atom. The minimum absolute atomic E-state index is 0.00150. The highest BCUT2D eigenvalue weighted by molar-refractivity contribution is 5.88. The molecule has 2 aromatic rings. The van der Waals surface area contributed by atoms with Gasteiger partial charge < -0.3 is 9.84 Å². The SMILES string of the molecule is O=C(O)c1ccc(F)c(OC2(C#Cc3ccccc3)CCCCC2)c1. The van der Waals surface area contributed by atoms with Gasteiger partial charge in [-0.05, 0) is 56.0 Å². The molecular weight excluding hydrogens is 319 g/mol. The van der Waals surface area contributed by atoms with Crippen LogP contribution in [0.1, 0.15) is 48.0 Å². The van der Waals surface area contributed by atoms with E-state index in [2.05, 4.69) is 11.8 Å². The average molecular weight is 338 g/mol. The van der Waals surface area contributed by atoms with E-state index in [1.165, 1.54) is 12.1 Å². The van der Waals surface area contributed by atoms with E-state index in [-0.39, 0.29) is 11.3 Å². The number of aromatic carboxylic acids is 1. The van der Waals surface area contributed by atoms with Gasteiger partial charge in [-0.2, -0.15) is 0 Å². The summed E-state index contributed by atoms with van der Waals surface area (Å²) in [6, 6.07) is 13.2. The molecule has 128 valence electrons. The highest BCUT2D eigenvalue weighted by atomic mass is 19.1. The summed E-state index contributed by atoms with van der Waals surface area (Å²) in [4.78, 5) is 11.1. The van der Waals surface area contributed by atoms with Crippen molar-refractivity contribution >= 4 is 5.97 Å². The van der Waals surface area contributed by atoms with Crippen LogP contribution >= 0.6 is 0 Å². The molecule has 0 bridgehead atoms. The summed E-state index contributed by atoms with van der Waals surface area (Å²) in [5.74, 6) is 4.57. The Kier molecular flexibility index (Phi) is 5.04. The Morgan fingerprint density at radius 1 is 1.08 bits per heavy atom. The Hall–Kier alpha value is -2.80. The summed E-state index contributed by atoms with van der Waals surface area (Å²) in [5, 5.41) is 9.12. The standard InChI is InChI=1S/C21H19FO3/c22-18-10-9-17(20(23)24)15-19(18)25-21(12-5-2-6-13-21)14-11-16-7-3-1-4-8-16/h1,3-4,7-10,15H,2,5-6,12-13H2,(H,23,24).